The first-order chi connectivity index (χ1) is 11.2. The number of phenolic OH excluding ortho intramolecular Hbond substituents is 1. The molecule has 3 rings (SSSR count). The number of hydrogen-bond donors (Lipinski definition) is 2. The molecule has 0 fully saturated rings. The number of hydrogen-bond acceptors (Lipinski definition) is 3. The SMILES string of the molecule is O=C(N/N=C/Cc1ccccc1)c1cc2ccccc2cc1O. The molecule has 0 unspecified atom stereocenters. The number of nitrogens with zero attached hydrogens (tertiary/aromatic N) is 1. The second-order valence-corrected chi connectivity index (χ2v) is 5.16. The van der Waals surface area contributed by atoms with Gasteiger partial charge in [0.2, 0.25) is 0 Å². The van der Waals surface area contributed by atoms with Crippen molar-refractivity contribution in [3.63, 3.8) is 0 Å². The molecule has 23 heavy (non-hydrogen) atoms. The molecule has 0 heterocycles. The average Bonchev–Trinajstić information content (AvgIpc) is 2.59. The fraction of sp³-hybridized carbons (Fsp3) is 0.0526. The van der Waals surface area contributed by atoms with Gasteiger partial charge in [0.25, 0.3) is 5.91 Å². The van der Waals surface area contributed by atoms with Crippen LogP contribution >= 0.6 is 0 Å². The molecule has 0 aliphatic heterocycles. The van der Waals surface area contributed by atoms with Crippen molar-refractivity contribution in [2.24, 2.45) is 5.10 Å². The molecule has 0 aliphatic carbocycles. The molecule has 4 nitrogen and oxygen atoms in total. The van der Waals surface area contributed by atoms with Crippen LogP contribution in [0.25, 0.3) is 10.8 Å². The number of fused-ring (bicyclic) bond motifs is 1. The summed E-state index contributed by atoms with van der Waals surface area (Å²) in [6.07, 6.45) is 2.26. The maximum absolute atomic E-state index is 12.1. The van der Waals surface area contributed by atoms with Crippen molar-refractivity contribution in [2.75, 3.05) is 0 Å². The molecule has 0 bridgehead atoms. The predicted octanol–water partition coefficient (Wildman–Crippen LogP) is 3.50. The molecule has 1 amide bonds. The third kappa shape index (κ3) is 3.55. The smallest absolute Gasteiger partial charge is 0.275 e. The van der Waals surface area contributed by atoms with E-state index in [0.717, 1.165) is 16.3 Å². The molecule has 0 aliphatic rings. The van der Waals surface area contributed by atoms with Crippen LogP contribution in [0.1, 0.15) is 15.9 Å². The molecule has 0 radical (unpaired) electrons. The van der Waals surface area contributed by atoms with Gasteiger partial charge in [-0.2, -0.15) is 5.10 Å². The summed E-state index contributed by atoms with van der Waals surface area (Å²) in [6, 6.07) is 20.6. The lowest BCUT2D eigenvalue weighted by molar-refractivity contribution is 0.0952. The molecule has 0 aromatic heterocycles. The van der Waals surface area contributed by atoms with Crippen molar-refractivity contribution in [2.45, 2.75) is 6.42 Å². The minimum Gasteiger partial charge on any atom is -0.507 e. The van der Waals surface area contributed by atoms with E-state index < -0.39 is 5.91 Å². The largest absolute Gasteiger partial charge is 0.507 e. The second kappa shape index (κ2) is 6.75. The van der Waals surface area contributed by atoms with E-state index in [1.807, 2.05) is 54.6 Å². The Labute approximate surface area is 134 Å². The molecule has 0 atom stereocenters. The lowest BCUT2D eigenvalue weighted by Crippen LogP contribution is -2.17. The monoisotopic (exact) mass is 304 g/mol. The van der Waals surface area contributed by atoms with Gasteiger partial charge in [0, 0.05) is 12.6 Å². The van der Waals surface area contributed by atoms with Crippen molar-refractivity contribution in [3.05, 3.63) is 77.9 Å². The van der Waals surface area contributed by atoms with Crippen LogP contribution in [0.2, 0.25) is 0 Å². The molecule has 114 valence electrons. The summed E-state index contributed by atoms with van der Waals surface area (Å²) >= 11 is 0. The Morgan fingerprint density at radius 1 is 1.00 bits per heavy atom. The van der Waals surface area contributed by atoms with Gasteiger partial charge in [0.1, 0.15) is 5.75 Å². The molecule has 2 N–H and O–H groups in total. The summed E-state index contributed by atoms with van der Waals surface area (Å²) in [6.45, 7) is 0. The van der Waals surface area contributed by atoms with E-state index in [-0.39, 0.29) is 11.3 Å². The average molecular weight is 304 g/mol. The zero-order valence-electron chi connectivity index (χ0n) is 12.4. The molecule has 0 saturated heterocycles. The number of rotatable bonds is 4. The second-order valence-electron chi connectivity index (χ2n) is 5.16. The lowest BCUT2D eigenvalue weighted by Gasteiger charge is -2.05. The third-order valence-corrected chi connectivity index (χ3v) is 3.54. The number of carbonyl (C=O) groups excluding carboxylic acids is 1. The first-order valence-electron chi connectivity index (χ1n) is 7.31. The number of benzene rings is 3. The summed E-state index contributed by atoms with van der Waals surface area (Å²) < 4.78 is 0. The van der Waals surface area contributed by atoms with Gasteiger partial charge in [-0.25, -0.2) is 5.43 Å². The lowest BCUT2D eigenvalue weighted by atomic mass is 10.1. The zero-order valence-corrected chi connectivity index (χ0v) is 12.4. The Morgan fingerprint density at radius 2 is 1.65 bits per heavy atom. The van der Waals surface area contributed by atoms with Crippen molar-refractivity contribution in [1.29, 1.82) is 0 Å². The third-order valence-electron chi connectivity index (χ3n) is 3.54. The molecule has 3 aromatic rings. The van der Waals surface area contributed by atoms with Crippen LogP contribution in [0.5, 0.6) is 5.75 Å². The topological polar surface area (TPSA) is 61.7 Å². The van der Waals surface area contributed by atoms with E-state index in [1.54, 1.807) is 18.3 Å². The van der Waals surface area contributed by atoms with Crippen molar-refractivity contribution in [1.82, 2.24) is 5.43 Å². The van der Waals surface area contributed by atoms with E-state index in [0.29, 0.717) is 6.42 Å². The first kappa shape index (κ1) is 14.8. The zero-order chi connectivity index (χ0) is 16.1. The molecular formula is C19H16N2O2. The minimum atomic E-state index is -0.433. The highest BCUT2D eigenvalue weighted by Crippen LogP contribution is 2.24. The van der Waals surface area contributed by atoms with Gasteiger partial charge in [0.15, 0.2) is 0 Å². The van der Waals surface area contributed by atoms with Crippen molar-refractivity contribution in [3.8, 4) is 5.75 Å². The Balaban J connectivity index is 1.69. The summed E-state index contributed by atoms with van der Waals surface area (Å²) in [4.78, 5) is 12.1. The fourth-order valence-corrected chi connectivity index (χ4v) is 2.34. The van der Waals surface area contributed by atoms with Crippen LogP contribution in [0.3, 0.4) is 0 Å². The van der Waals surface area contributed by atoms with Crippen LogP contribution in [-0.4, -0.2) is 17.2 Å². The van der Waals surface area contributed by atoms with Gasteiger partial charge in [-0.3, -0.25) is 4.79 Å². The molecule has 3 aromatic carbocycles. The van der Waals surface area contributed by atoms with Crippen LogP contribution in [-0.2, 0) is 6.42 Å². The van der Waals surface area contributed by atoms with Gasteiger partial charge in [-0.15, -0.1) is 0 Å². The molecule has 4 heteroatoms. The highest BCUT2D eigenvalue weighted by molar-refractivity contribution is 6.01. The van der Waals surface area contributed by atoms with Gasteiger partial charge in [-0.05, 0) is 28.5 Å². The van der Waals surface area contributed by atoms with Gasteiger partial charge >= 0.3 is 0 Å². The Bertz CT molecular complexity index is 858. The summed E-state index contributed by atoms with van der Waals surface area (Å²) in [5, 5.41) is 15.7. The number of phenols is 1. The molecule has 0 spiro atoms. The van der Waals surface area contributed by atoms with E-state index in [9.17, 15) is 9.90 Å². The Hall–Kier alpha value is -3.14. The normalized spacial score (nSPS) is 11.0. The van der Waals surface area contributed by atoms with E-state index in [2.05, 4.69) is 10.5 Å². The van der Waals surface area contributed by atoms with Gasteiger partial charge in [0.05, 0.1) is 5.56 Å². The highest BCUT2D eigenvalue weighted by Gasteiger charge is 2.11. The molecular weight excluding hydrogens is 288 g/mol. The van der Waals surface area contributed by atoms with Crippen molar-refractivity contribution >= 4 is 22.9 Å². The van der Waals surface area contributed by atoms with E-state index in [4.69, 9.17) is 0 Å². The summed E-state index contributed by atoms with van der Waals surface area (Å²) in [7, 11) is 0. The van der Waals surface area contributed by atoms with E-state index in [1.165, 1.54) is 0 Å². The predicted molar refractivity (Wildman–Crippen MR) is 91.7 cm³/mol. The maximum Gasteiger partial charge on any atom is 0.275 e. The van der Waals surface area contributed by atoms with Crippen LogP contribution in [0.4, 0.5) is 0 Å². The minimum absolute atomic E-state index is 0.0561. The quantitative estimate of drug-likeness (QED) is 0.572. The number of hydrazone groups is 1. The van der Waals surface area contributed by atoms with Gasteiger partial charge in [-0.1, -0.05) is 54.6 Å². The van der Waals surface area contributed by atoms with Crippen LogP contribution in [0, 0.1) is 0 Å². The summed E-state index contributed by atoms with van der Waals surface area (Å²) in [5.41, 5.74) is 3.76. The molecule has 0 saturated carbocycles. The van der Waals surface area contributed by atoms with E-state index >= 15 is 0 Å². The first-order valence-corrected chi connectivity index (χ1v) is 7.31. The maximum atomic E-state index is 12.1. The van der Waals surface area contributed by atoms with Crippen LogP contribution < -0.4 is 5.43 Å². The van der Waals surface area contributed by atoms with Gasteiger partial charge < -0.3 is 5.11 Å². The Morgan fingerprint density at radius 3 is 2.39 bits per heavy atom. The van der Waals surface area contributed by atoms with Crippen molar-refractivity contribution < 1.29 is 9.90 Å². The highest BCUT2D eigenvalue weighted by atomic mass is 16.3. The standard InChI is InChI=1S/C19H16N2O2/c22-18-13-16-9-5-4-8-15(16)12-17(18)19(23)21-20-11-10-14-6-2-1-3-7-14/h1-9,11-13,22H,10H2,(H,21,23)/b20-11+. The van der Waals surface area contributed by atoms with Crippen LogP contribution in [0.15, 0.2) is 71.8 Å². The summed E-state index contributed by atoms with van der Waals surface area (Å²) in [5.74, 6) is -0.489. The number of carbonyl (C=O) groups is 1. The number of nitrogens with one attached hydrogen (secondary N) is 1. The number of amides is 1. The Kier molecular flexibility index (Phi) is 4.34. The number of aromatic hydroxyl groups is 1. The fourth-order valence-electron chi connectivity index (χ4n) is 2.34.